The van der Waals surface area contributed by atoms with Crippen LogP contribution < -0.4 is 4.90 Å². The lowest BCUT2D eigenvalue weighted by Gasteiger charge is -2.16. The van der Waals surface area contributed by atoms with E-state index in [4.69, 9.17) is 0 Å². The Bertz CT molecular complexity index is 1100. The van der Waals surface area contributed by atoms with Gasteiger partial charge in [0.05, 0.1) is 10.6 Å². The van der Waals surface area contributed by atoms with Crippen molar-refractivity contribution in [2.75, 3.05) is 11.9 Å². The minimum absolute atomic E-state index is 0.222. The van der Waals surface area contributed by atoms with Crippen molar-refractivity contribution in [1.82, 2.24) is 0 Å². The van der Waals surface area contributed by atoms with Crippen molar-refractivity contribution in [3.05, 3.63) is 71.8 Å². The van der Waals surface area contributed by atoms with Gasteiger partial charge in [-0.25, -0.2) is 0 Å². The van der Waals surface area contributed by atoms with Crippen molar-refractivity contribution in [3.63, 3.8) is 0 Å². The summed E-state index contributed by atoms with van der Waals surface area (Å²) in [5.74, 6) is 0.548. The van der Waals surface area contributed by atoms with E-state index >= 15 is 0 Å². The van der Waals surface area contributed by atoms with Crippen LogP contribution in [0.5, 0.6) is 0 Å². The molecule has 4 rings (SSSR count). The van der Waals surface area contributed by atoms with Gasteiger partial charge >= 0.3 is 0 Å². The van der Waals surface area contributed by atoms with Gasteiger partial charge < -0.3 is 4.90 Å². The summed E-state index contributed by atoms with van der Waals surface area (Å²) in [6, 6.07) is 19.0. The molecule has 3 aromatic carbocycles. The smallest absolute Gasteiger partial charge is 0.283 e. The zero-order chi connectivity index (χ0) is 17.6. The fourth-order valence-corrected chi connectivity index (χ4v) is 4.30. The minimum Gasteiger partial charge on any atom is -0.331 e. The van der Waals surface area contributed by atoms with Crippen LogP contribution in [0.2, 0.25) is 0 Å². The third-order valence-electron chi connectivity index (χ3n) is 4.60. The maximum absolute atomic E-state index is 12.6. The second-order valence-corrected chi connectivity index (χ2v) is 7.93. The van der Waals surface area contributed by atoms with Crippen molar-refractivity contribution in [3.8, 4) is 0 Å². The standard InChI is InChI=1S/C20H18N2O2S/c1-14-7-11-17(12-8-14)25(23,24)21-19-13-16-10-9-15-5-3-4-6-18(15)20(16)22(19)2/h3-12H,13H2,1-2H3/b21-19+. The summed E-state index contributed by atoms with van der Waals surface area (Å²) < 4.78 is 29.4. The highest BCUT2D eigenvalue weighted by Crippen LogP contribution is 2.36. The van der Waals surface area contributed by atoms with E-state index < -0.39 is 10.0 Å². The number of nitrogens with zero attached hydrogens (tertiary/aromatic N) is 2. The average Bonchev–Trinajstić information content (AvgIpc) is 2.91. The Kier molecular flexibility index (Phi) is 3.62. The Hall–Kier alpha value is -2.66. The van der Waals surface area contributed by atoms with Gasteiger partial charge in [-0.3, -0.25) is 0 Å². The van der Waals surface area contributed by atoms with Gasteiger partial charge in [-0.2, -0.15) is 8.42 Å². The summed E-state index contributed by atoms with van der Waals surface area (Å²) in [7, 11) is -1.84. The Morgan fingerprint density at radius 2 is 1.68 bits per heavy atom. The number of likely N-dealkylation sites (N-methyl/N-ethyl adjacent to an activating group) is 1. The minimum atomic E-state index is -3.72. The molecular formula is C20H18N2O2S. The summed E-state index contributed by atoms with van der Waals surface area (Å²) in [4.78, 5) is 2.11. The predicted molar refractivity (Wildman–Crippen MR) is 102 cm³/mol. The normalized spacial score (nSPS) is 15.8. The first-order chi connectivity index (χ1) is 12.0. The second kappa shape index (κ2) is 5.70. The highest BCUT2D eigenvalue weighted by atomic mass is 32.2. The van der Waals surface area contributed by atoms with Crippen LogP contribution in [0.1, 0.15) is 11.1 Å². The van der Waals surface area contributed by atoms with E-state index in [2.05, 4.69) is 28.7 Å². The summed E-state index contributed by atoms with van der Waals surface area (Å²) >= 11 is 0. The summed E-state index contributed by atoms with van der Waals surface area (Å²) in [5, 5.41) is 2.25. The summed E-state index contributed by atoms with van der Waals surface area (Å²) in [6.45, 7) is 1.93. The van der Waals surface area contributed by atoms with E-state index in [1.165, 1.54) is 0 Å². The Labute approximate surface area is 147 Å². The molecule has 1 aliphatic heterocycles. The highest BCUT2D eigenvalue weighted by molar-refractivity contribution is 7.90. The molecule has 1 aliphatic rings. The van der Waals surface area contributed by atoms with Gasteiger partial charge in [0.2, 0.25) is 0 Å². The number of benzene rings is 3. The molecule has 0 unspecified atom stereocenters. The van der Waals surface area contributed by atoms with Crippen molar-refractivity contribution in [2.24, 2.45) is 4.40 Å². The lowest BCUT2D eigenvalue weighted by Crippen LogP contribution is -2.23. The molecule has 4 nitrogen and oxygen atoms in total. The van der Waals surface area contributed by atoms with Gasteiger partial charge in [0.25, 0.3) is 10.0 Å². The lowest BCUT2D eigenvalue weighted by molar-refractivity contribution is 0.598. The maximum Gasteiger partial charge on any atom is 0.283 e. The van der Waals surface area contributed by atoms with Crippen LogP contribution in [0, 0.1) is 6.92 Å². The first-order valence-electron chi connectivity index (χ1n) is 8.10. The molecule has 0 amide bonds. The fourth-order valence-electron chi connectivity index (χ4n) is 3.25. The topological polar surface area (TPSA) is 49.7 Å². The molecule has 0 N–H and O–H groups in total. The molecule has 3 aromatic rings. The first-order valence-corrected chi connectivity index (χ1v) is 9.54. The molecule has 0 fully saturated rings. The molecule has 1 heterocycles. The molecule has 0 saturated carbocycles. The van der Waals surface area contributed by atoms with E-state index in [-0.39, 0.29) is 4.90 Å². The van der Waals surface area contributed by atoms with Crippen molar-refractivity contribution < 1.29 is 8.42 Å². The van der Waals surface area contributed by atoms with E-state index in [1.807, 2.05) is 31.0 Å². The largest absolute Gasteiger partial charge is 0.331 e. The number of hydrogen-bond donors (Lipinski definition) is 0. The number of rotatable bonds is 2. The molecular weight excluding hydrogens is 332 g/mol. The molecule has 0 saturated heterocycles. The molecule has 0 radical (unpaired) electrons. The van der Waals surface area contributed by atoms with Gasteiger partial charge in [-0.15, -0.1) is 4.40 Å². The second-order valence-electron chi connectivity index (χ2n) is 6.33. The van der Waals surface area contributed by atoms with Crippen LogP contribution in [0.25, 0.3) is 10.8 Å². The maximum atomic E-state index is 12.6. The quantitative estimate of drug-likeness (QED) is 0.704. The number of hydrogen-bond acceptors (Lipinski definition) is 2. The summed E-state index contributed by atoms with van der Waals surface area (Å²) in [6.07, 6.45) is 0.516. The molecule has 0 bridgehead atoms. The third kappa shape index (κ3) is 2.70. The molecule has 25 heavy (non-hydrogen) atoms. The predicted octanol–water partition coefficient (Wildman–Crippen LogP) is 3.93. The van der Waals surface area contributed by atoms with Crippen LogP contribution >= 0.6 is 0 Å². The Morgan fingerprint density at radius 3 is 2.44 bits per heavy atom. The highest BCUT2D eigenvalue weighted by Gasteiger charge is 2.27. The van der Waals surface area contributed by atoms with E-state index in [0.29, 0.717) is 12.3 Å². The van der Waals surface area contributed by atoms with Gasteiger partial charge in [-0.05, 0) is 30.0 Å². The molecule has 5 heteroatoms. The van der Waals surface area contributed by atoms with Crippen LogP contribution in [0.3, 0.4) is 0 Å². The average molecular weight is 350 g/mol. The van der Waals surface area contributed by atoms with E-state index in [9.17, 15) is 8.42 Å². The van der Waals surface area contributed by atoms with Crippen molar-refractivity contribution in [2.45, 2.75) is 18.2 Å². The zero-order valence-electron chi connectivity index (χ0n) is 14.1. The number of sulfonamides is 1. The van der Waals surface area contributed by atoms with E-state index in [0.717, 1.165) is 27.6 Å². The number of anilines is 1. The Morgan fingerprint density at radius 1 is 0.960 bits per heavy atom. The molecule has 0 atom stereocenters. The lowest BCUT2D eigenvalue weighted by atomic mass is 10.0. The number of amidine groups is 1. The Balaban J connectivity index is 1.78. The first kappa shape index (κ1) is 15.8. The van der Waals surface area contributed by atoms with Gasteiger partial charge in [-0.1, -0.05) is 54.1 Å². The van der Waals surface area contributed by atoms with Crippen LogP contribution in [0.15, 0.2) is 70.0 Å². The van der Waals surface area contributed by atoms with Crippen molar-refractivity contribution >= 4 is 32.3 Å². The zero-order valence-corrected chi connectivity index (χ0v) is 14.9. The molecule has 0 aromatic heterocycles. The van der Waals surface area contributed by atoms with Crippen molar-refractivity contribution in [1.29, 1.82) is 0 Å². The van der Waals surface area contributed by atoms with E-state index in [1.54, 1.807) is 24.3 Å². The molecule has 126 valence electrons. The number of aryl methyl sites for hydroxylation is 1. The number of fused-ring (bicyclic) bond motifs is 3. The summed E-state index contributed by atoms with van der Waals surface area (Å²) in [5.41, 5.74) is 3.15. The monoisotopic (exact) mass is 350 g/mol. The van der Waals surface area contributed by atoms with Crippen LogP contribution in [-0.2, 0) is 16.4 Å². The molecule has 0 spiro atoms. The van der Waals surface area contributed by atoms with Gasteiger partial charge in [0, 0.05) is 18.9 Å². The van der Waals surface area contributed by atoms with Crippen LogP contribution in [0.4, 0.5) is 5.69 Å². The third-order valence-corrected chi connectivity index (χ3v) is 5.92. The van der Waals surface area contributed by atoms with Gasteiger partial charge in [0.15, 0.2) is 0 Å². The van der Waals surface area contributed by atoms with Crippen LogP contribution in [-0.4, -0.2) is 21.3 Å². The molecule has 0 aliphatic carbocycles. The van der Waals surface area contributed by atoms with Gasteiger partial charge in [0.1, 0.15) is 5.84 Å². The SMILES string of the molecule is Cc1ccc(S(=O)(=O)/N=C2\Cc3ccc4ccccc4c3N2C)cc1. The fraction of sp³-hybridized carbons (Fsp3) is 0.150.